The molecule has 0 aliphatic rings. The first-order chi connectivity index (χ1) is 8.72. The monoisotopic (exact) mass is 278 g/mol. The third-order valence-electron chi connectivity index (χ3n) is 3.11. The molecule has 0 saturated carbocycles. The topological polar surface area (TPSA) is 0 Å². The molecule has 2 rings (SSSR count). The Morgan fingerprint density at radius 3 is 2.44 bits per heavy atom. The number of rotatable bonds is 4. The van der Waals surface area contributed by atoms with Crippen molar-refractivity contribution in [3.63, 3.8) is 0 Å². The molecule has 18 heavy (non-hydrogen) atoms. The van der Waals surface area contributed by atoms with Crippen molar-refractivity contribution in [2.45, 2.75) is 25.7 Å². The van der Waals surface area contributed by atoms with E-state index < -0.39 is 0 Å². The second kappa shape index (κ2) is 6.26. The molecule has 1 unspecified atom stereocenters. The molecule has 1 atom stereocenters. The molecule has 0 bridgehead atoms. The van der Waals surface area contributed by atoms with Crippen LogP contribution in [0, 0.1) is 0 Å². The van der Waals surface area contributed by atoms with E-state index in [0.29, 0.717) is 5.92 Å². The third kappa shape index (κ3) is 3.07. The van der Waals surface area contributed by atoms with E-state index in [4.69, 9.17) is 23.2 Å². The van der Waals surface area contributed by atoms with Gasteiger partial charge < -0.3 is 0 Å². The van der Waals surface area contributed by atoms with Gasteiger partial charge >= 0.3 is 0 Å². The van der Waals surface area contributed by atoms with E-state index in [0.717, 1.165) is 22.9 Å². The smallest absolute Gasteiger partial charge is 0.0444 e. The molecule has 94 valence electrons. The Bertz CT molecular complexity index is 520. The Morgan fingerprint density at radius 1 is 1.00 bits per heavy atom. The minimum Gasteiger partial charge on any atom is -0.0843 e. The van der Waals surface area contributed by atoms with Crippen molar-refractivity contribution in [3.8, 4) is 0 Å². The van der Waals surface area contributed by atoms with E-state index >= 15 is 0 Å². The number of hydrogen-bond donors (Lipinski definition) is 0. The fraction of sp³-hybridized carbons (Fsp3) is 0.250. The summed E-state index contributed by atoms with van der Waals surface area (Å²) in [4.78, 5) is 0. The number of hydrogen-bond acceptors (Lipinski definition) is 0. The first kappa shape index (κ1) is 13.5. The van der Waals surface area contributed by atoms with Gasteiger partial charge in [0.1, 0.15) is 0 Å². The van der Waals surface area contributed by atoms with Crippen LogP contribution in [0.5, 0.6) is 0 Å². The molecular weight excluding hydrogens is 263 g/mol. The second-order valence-corrected chi connectivity index (χ2v) is 5.26. The Hall–Kier alpha value is -0.980. The maximum absolute atomic E-state index is 6.31. The maximum atomic E-state index is 6.31. The van der Waals surface area contributed by atoms with Crippen molar-refractivity contribution in [3.05, 3.63) is 69.7 Å². The summed E-state index contributed by atoms with van der Waals surface area (Å²) in [6.07, 6.45) is 2.19. The molecule has 0 N–H and O–H groups in total. The first-order valence-electron chi connectivity index (χ1n) is 6.22. The molecule has 0 aliphatic heterocycles. The molecular formula is C16H16Cl2. The molecule has 0 amide bonds. The summed E-state index contributed by atoms with van der Waals surface area (Å²) in [5.74, 6) is 0.322. The van der Waals surface area contributed by atoms with E-state index in [-0.39, 0.29) is 0 Å². The van der Waals surface area contributed by atoms with Gasteiger partial charge in [-0.1, -0.05) is 66.9 Å². The van der Waals surface area contributed by atoms with Crippen molar-refractivity contribution in [2.75, 3.05) is 0 Å². The van der Waals surface area contributed by atoms with Gasteiger partial charge in [0.05, 0.1) is 0 Å². The fourth-order valence-corrected chi connectivity index (χ4v) is 2.74. The minimum atomic E-state index is 0.322. The Kier molecular flexibility index (Phi) is 4.68. The molecule has 2 aromatic carbocycles. The van der Waals surface area contributed by atoms with Gasteiger partial charge in [0.2, 0.25) is 0 Å². The highest BCUT2D eigenvalue weighted by atomic mass is 35.5. The van der Waals surface area contributed by atoms with Crippen LogP contribution in [0.1, 0.15) is 36.8 Å². The van der Waals surface area contributed by atoms with Gasteiger partial charge in [-0.3, -0.25) is 0 Å². The average molecular weight is 279 g/mol. The van der Waals surface area contributed by atoms with Crippen LogP contribution in [0.2, 0.25) is 10.0 Å². The molecule has 2 heteroatoms. The highest BCUT2D eigenvalue weighted by molar-refractivity contribution is 6.31. The Labute approximate surface area is 119 Å². The molecule has 0 spiro atoms. The predicted octanol–water partition coefficient (Wildman–Crippen LogP) is 5.93. The highest BCUT2D eigenvalue weighted by Crippen LogP contribution is 2.34. The van der Waals surface area contributed by atoms with E-state index in [1.807, 2.05) is 36.4 Å². The molecule has 2 aromatic rings. The summed E-state index contributed by atoms with van der Waals surface area (Å²) < 4.78 is 0. The summed E-state index contributed by atoms with van der Waals surface area (Å²) in [6.45, 7) is 2.19. The van der Waals surface area contributed by atoms with Gasteiger partial charge in [-0.25, -0.2) is 0 Å². The predicted molar refractivity (Wildman–Crippen MR) is 79.7 cm³/mol. The quantitative estimate of drug-likeness (QED) is 0.651. The summed E-state index contributed by atoms with van der Waals surface area (Å²) >= 11 is 12.4. The van der Waals surface area contributed by atoms with Gasteiger partial charge in [-0.15, -0.1) is 0 Å². The van der Waals surface area contributed by atoms with Gasteiger partial charge in [-0.2, -0.15) is 0 Å². The average Bonchev–Trinajstić information content (AvgIpc) is 2.37. The second-order valence-electron chi connectivity index (χ2n) is 4.42. The van der Waals surface area contributed by atoms with E-state index in [9.17, 15) is 0 Å². The van der Waals surface area contributed by atoms with Crippen molar-refractivity contribution < 1.29 is 0 Å². The van der Waals surface area contributed by atoms with Crippen molar-refractivity contribution in [1.29, 1.82) is 0 Å². The van der Waals surface area contributed by atoms with Gasteiger partial charge in [0, 0.05) is 16.0 Å². The summed E-state index contributed by atoms with van der Waals surface area (Å²) in [5, 5.41) is 1.61. The molecule has 0 nitrogen and oxygen atoms in total. The minimum absolute atomic E-state index is 0.322. The lowest BCUT2D eigenvalue weighted by Gasteiger charge is -2.18. The Morgan fingerprint density at radius 2 is 1.78 bits per heavy atom. The van der Waals surface area contributed by atoms with Crippen LogP contribution in [0.25, 0.3) is 0 Å². The molecule has 0 heterocycles. The summed E-state index contributed by atoms with van der Waals surface area (Å²) in [7, 11) is 0. The molecule has 0 fully saturated rings. The third-order valence-corrected chi connectivity index (χ3v) is 3.69. The van der Waals surface area contributed by atoms with Gasteiger partial charge in [0.25, 0.3) is 0 Å². The Balaban J connectivity index is 2.43. The van der Waals surface area contributed by atoms with E-state index in [1.54, 1.807) is 0 Å². The normalized spacial score (nSPS) is 12.4. The zero-order chi connectivity index (χ0) is 13.0. The number of benzene rings is 2. The zero-order valence-electron chi connectivity index (χ0n) is 10.4. The van der Waals surface area contributed by atoms with Crippen LogP contribution in [0.3, 0.4) is 0 Å². The van der Waals surface area contributed by atoms with Crippen molar-refractivity contribution in [2.24, 2.45) is 0 Å². The first-order valence-corrected chi connectivity index (χ1v) is 6.98. The fourth-order valence-electron chi connectivity index (χ4n) is 2.27. The zero-order valence-corrected chi connectivity index (χ0v) is 11.9. The van der Waals surface area contributed by atoms with Crippen LogP contribution < -0.4 is 0 Å². The summed E-state index contributed by atoms with van der Waals surface area (Å²) in [6, 6.07) is 16.1. The molecule has 0 aliphatic carbocycles. The standard InChI is InChI=1S/C16H16Cl2/c1-2-6-14(12-7-5-8-13(17)11-12)15-9-3-4-10-16(15)18/h3-5,7-11,14H,2,6H2,1H3. The molecule has 0 aromatic heterocycles. The van der Waals surface area contributed by atoms with Crippen LogP contribution in [0.4, 0.5) is 0 Å². The van der Waals surface area contributed by atoms with Gasteiger partial charge in [0.15, 0.2) is 0 Å². The highest BCUT2D eigenvalue weighted by Gasteiger charge is 2.16. The van der Waals surface area contributed by atoms with Crippen LogP contribution >= 0.6 is 23.2 Å². The van der Waals surface area contributed by atoms with Crippen molar-refractivity contribution in [1.82, 2.24) is 0 Å². The number of halogens is 2. The SMILES string of the molecule is CCCC(c1cccc(Cl)c1)c1ccccc1Cl. The van der Waals surface area contributed by atoms with Crippen LogP contribution in [-0.2, 0) is 0 Å². The molecule has 0 radical (unpaired) electrons. The van der Waals surface area contributed by atoms with E-state index in [1.165, 1.54) is 11.1 Å². The lowest BCUT2D eigenvalue weighted by Crippen LogP contribution is -2.01. The largest absolute Gasteiger partial charge is 0.0843 e. The lowest BCUT2D eigenvalue weighted by molar-refractivity contribution is 0.698. The maximum Gasteiger partial charge on any atom is 0.0444 e. The van der Waals surface area contributed by atoms with Crippen molar-refractivity contribution >= 4 is 23.2 Å². The molecule has 0 saturated heterocycles. The van der Waals surface area contributed by atoms with E-state index in [2.05, 4.69) is 19.1 Å². The lowest BCUT2D eigenvalue weighted by atomic mass is 9.88. The summed E-state index contributed by atoms with van der Waals surface area (Å²) in [5.41, 5.74) is 2.42. The van der Waals surface area contributed by atoms with Gasteiger partial charge in [-0.05, 0) is 35.7 Å². The van der Waals surface area contributed by atoms with Crippen LogP contribution in [-0.4, -0.2) is 0 Å². The van der Waals surface area contributed by atoms with Crippen LogP contribution in [0.15, 0.2) is 48.5 Å².